The van der Waals surface area contributed by atoms with Crippen LogP contribution < -0.4 is 10.1 Å². The number of ether oxygens (including phenoxy) is 1. The molecule has 0 saturated carbocycles. The maximum absolute atomic E-state index is 11.8. The Morgan fingerprint density at radius 2 is 1.84 bits per heavy atom. The number of aliphatic hydroxyl groups is 1. The highest BCUT2D eigenvalue weighted by molar-refractivity contribution is 5.80. The van der Waals surface area contributed by atoms with E-state index in [0.29, 0.717) is 5.75 Å². The number of aliphatic hydroxyl groups excluding tert-OH is 1. The van der Waals surface area contributed by atoms with Gasteiger partial charge >= 0.3 is 0 Å². The molecule has 0 heterocycles. The zero-order valence-electron chi connectivity index (χ0n) is 12.0. The molecule has 4 nitrogen and oxygen atoms in total. The van der Waals surface area contributed by atoms with Crippen LogP contribution in [0, 0.1) is 0 Å². The van der Waals surface area contributed by atoms with Crippen molar-refractivity contribution in [2.24, 2.45) is 0 Å². The van der Waals surface area contributed by atoms with Gasteiger partial charge in [0.1, 0.15) is 5.75 Å². The smallest absolute Gasteiger partial charge is 0.260 e. The van der Waals surface area contributed by atoms with E-state index in [2.05, 4.69) is 5.32 Å². The zero-order valence-corrected chi connectivity index (χ0v) is 12.0. The zero-order chi connectivity index (χ0) is 14.4. The van der Waals surface area contributed by atoms with E-state index >= 15 is 0 Å². The van der Waals surface area contributed by atoms with Crippen molar-refractivity contribution in [1.29, 1.82) is 0 Å². The number of rotatable bonds is 6. The lowest BCUT2D eigenvalue weighted by molar-refractivity contribution is -0.127. The summed E-state index contributed by atoms with van der Waals surface area (Å²) in [5.41, 5.74) is 0.823. The minimum atomic E-state index is -0.536. The third-order valence-electron chi connectivity index (χ3n) is 3.05. The van der Waals surface area contributed by atoms with Crippen LogP contribution in [0.1, 0.15) is 45.8 Å². The van der Waals surface area contributed by atoms with Crippen molar-refractivity contribution in [2.75, 3.05) is 0 Å². The first-order valence-electron chi connectivity index (χ1n) is 6.69. The van der Waals surface area contributed by atoms with Crippen molar-refractivity contribution in [3.8, 4) is 5.75 Å². The summed E-state index contributed by atoms with van der Waals surface area (Å²) in [6, 6.07) is 7.25. The van der Waals surface area contributed by atoms with Crippen molar-refractivity contribution < 1.29 is 14.6 Å². The summed E-state index contributed by atoms with van der Waals surface area (Å²) in [5, 5.41) is 12.3. The Balaban J connectivity index is 2.56. The van der Waals surface area contributed by atoms with Crippen LogP contribution in [0.5, 0.6) is 5.75 Å². The maximum Gasteiger partial charge on any atom is 0.260 e. The Hall–Kier alpha value is -1.55. The number of carbonyl (C=O) groups is 1. The summed E-state index contributed by atoms with van der Waals surface area (Å²) in [4.78, 5) is 11.8. The van der Waals surface area contributed by atoms with E-state index in [1.165, 1.54) is 0 Å². The Morgan fingerprint density at radius 3 is 2.32 bits per heavy atom. The van der Waals surface area contributed by atoms with Crippen LogP contribution in [0.3, 0.4) is 0 Å². The van der Waals surface area contributed by atoms with Gasteiger partial charge in [-0.25, -0.2) is 0 Å². The van der Waals surface area contributed by atoms with Crippen LogP contribution in [0.25, 0.3) is 0 Å². The van der Waals surface area contributed by atoms with E-state index in [1.54, 1.807) is 38.1 Å². The molecular formula is C15H23NO3. The van der Waals surface area contributed by atoms with Crippen molar-refractivity contribution in [1.82, 2.24) is 5.32 Å². The topological polar surface area (TPSA) is 58.6 Å². The molecule has 0 fully saturated rings. The van der Waals surface area contributed by atoms with Crippen LogP contribution in [0.2, 0.25) is 0 Å². The van der Waals surface area contributed by atoms with Crippen LogP contribution in [0.4, 0.5) is 0 Å². The largest absolute Gasteiger partial charge is 0.481 e. The van der Waals surface area contributed by atoms with Gasteiger partial charge in [0.15, 0.2) is 6.10 Å². The summed E-state index contributed by atoms with van der Waals surface area (Å²) >= 11 is 0. The second-order valence-corrected chi connectivity index (χ2v) is 4.82. The first kappa shape index (κ1) is 15.5. The van der Waals surface area contributed by atoms with Gasteiger partial charge in [0.25, 0.3) is 5.91 Å². The number of benzene rings is 1. The second-order valence-electron chi connectivity index (χ2n) is 4.82. The molecule has 0 radical (unpaired) electrons. The molecule has 4 heteroatoms. The predicted octanol–water partition coefficient (Wildman–Crippen LogP) is 2.42. The molecule has 1 aromatic rings. The number of hydrogen-bond acceptors (Lipinski definition) is 3. The van der Waals surface area contributed by atoms with Crippen LogP contribution >= 0.6 is 0 Å². The average Bonchev–Trinajstić information content (AvgIpc) is 2.38. The SMILES string of the molecule is CCC(C)NC(=O)C(C)Oc1ccc([C@H](C)O)cc1. The summed E-state index contributed by atoms with van der Waals surface area (Å²) < 4.78 is 5.56. The number of carbonyl (C=O) groups excluding carboxylic acids is 1. The first-order chi connectivity index (χ1) is 8.93. The average molecular weight is 265 g/mol. The van der Waals surface area contributed by atoms with Crippen molar-refractivity contribution >= 4 is 5.91 Å². The van der Waals surface area contributed by atoms with Gasteiger partial charge in [-0.2, -0.15) is 0 Å². The van der Waals surface area contributed by atoms with Gasteiger partial charge in [0.05, 0.1) is 6.10 Å². The fourth-order valence-electron chi connectivity index (χ4n) is 1.54. The first-order valence-corrected chi connectivity index (χ1v) is 6.69. The molecule has 0 aliphatic rings. The maximum atomic E-state index is 11.8. The van der Waals surface area contributed by atoms with Crippen molar-refractivity contribution in [3.63, 3.8) is 0 Å². The van der Waals surface area contributed by atoms with E-state index in [4.69, 9.17) is 4.74 Å². The molecule has 0 saturated heterocycles. The number of hydrogen-bond donors (Lipinski definition) is 2. The summed E-state index contributed by atoms with van der Waals surface area (Å²) in [7, 11) is 0. The normalized spacial score (nSPS) is 15.4. The lowest BCUT2D eigenvalue weighted by Crippen LogP contribution is -2.40. The molecule has 1 rings (SSSR count). The molecule has 106 valence electrons. The Kier molecular flexibility index (Phi) is 5.83. The quantitative estimate of drug-likeness (QED) is 0.830. The van der Waals surface area contributed by atoms with Gasteiger partial charge in [-0.1, -0.05) is 19.1 Å². The second kappa shape index (κ2) is 7.14. The third-order valence-corrected chi connectivity index (χ3v) is 3.05. The molecule has 0 aliphatic carbocycles. The number of amides is 1. The molecule has 0 bridgehead atoms. The monoisotopic (exact) mass is 265 g/mol. The van der Waals surface area contributed by atoms with Gasteiger partial charge in [-0.05, 0) is 44.9 Å². The highest BCUT2D eigenvalue weighted by Crippen LogP contribution is 2.18. The molecular weight excluding hydrogens is 242 g/mol. The Bertz CT molecular complexity index is 400. The minimum Gasteiger partial charge on any atom is -0.481 e. The van der Waals surface area contributed by atoms with Crippen LogP contribution in [0.15, 0.2) is 24.3 Å². The van der Waals surface area contributed by atoms with Gasteiger partial charge in [-0.3, -0.25) is 4.79 Å². The lowest BCUT2D eigenvalue weighted by Gasteiger charge is -2.18. The van der Waals surface area contributed by atoms with Crippen LogP contribution in [-0.2, 0) is 4.79 Å². The molecule has 19 heavy (non-hydrogen) atoms. The number of nitrogens with one attached hydrogen (secondary N) is 1. The molecule has 0 spiro atoms. The van der Waals surface area contributed by atoms with Gasteiger partial charge in [0.2, 0.25) is 0 Å². The fraction of sp³-hybridized carbons (Fsp3) is 0.533. The molecule has 2 unspecified atom stereocenters. The van der Waals surface area contributed by atoms with Crippen molar-refractivity contribution in [2.45, 2.75) is 52.4 Å². The molecule has 1 amide bonds. The lowest BCUT2D eigenvalue weighted by atomic mass is 10.1. The summed E-state index contributed by atoms with van der Waals surface area (Å²) in [6.07, 6.45) is -0.145. The Labute approximate surface area is 114 Å². The molecule has 0 aromatic heterocycles. The van der Waals surface area contributed by atoms with Crippen molar-refractivity contribution in [3.05, 3.63) is 29.8 Å². The molecule has 3 atom stereocenters. The summed E-state index contributed by atoms with van der Waals surface area (Å²) in [5.74, 6) is 0.505. The van der Waals surface area contributed by atoms with Gasteiger partial charge < -0.3 is 15.2 Å². The summed E-state index contributed by atoms with van der Waals surface area (Å²) in [6.45, 7) is 7.41. The van der Waals surface area contributed by atoms with E-state index in [0.717, 1.165) is 12.0 Å². The Morgan fingerprint density at radius 1 is 1.26 bits per heavy atom. The van der Waals surface area contributed by atoms with E-state index in [-0.39, 0.29) is 11.9 Å². The highest BCUT2D eigenvalue weighted by atomic mass is 16.5. The standard InChI is InChI=1S/C15H23NO3/c1-5-10(2)16-15(18)12(4)19-14-8-6-13(7-9-14)11(3)17/h6-12,17H,5H2,1-4H3,(H,16,18)/t10?,11-,12?/m0/s1. The highest BCUT2D eigenvalue weighted by Gasteiger charge is 2.16. The van der Waals surface area contributed by atoms with Gasteiger partial charge in [-0.15, -0.1) is 0 Å². The van der Waals surface area contributed by atoms with E-state index in [9.17, 15) is 9.90 Å². The fourth-order valence-corrected chi connectivity index (χ4v) is 1.54. The molecule has 1 aromatic carbocycles. The van der Waals surface area contributed by atoms with E-state index in [1.807, 2.05) is 13.8 Å². The molecule has 0 aliphatic heterocycles. The van der Waals surface area contributed by atoms with Crippen LogP contribution in [-0.4, -0.2) is 23.2 Å². The third kappa shape index (κ3) is 4.91. The minimum absolute atomic E-state index is 0.117. The van der Waals surface area contributed by atoms with E-state index < -0.39 is 12.2 Å². The molecule has 2 N–H and O–H groups in total. The predicted molar refractivity (Wildman–Crippen MR) is 75.1 cm³/mol. The van der Waals surface area contributed by atoms with Gasteiger partial charge in [0, 0.05) is 6.04 Å².